The summed E-state index contributed by atoms with van der Waals surface area (Å²) in [5.41, 5.74) is 3.41. The lowest BCUT2D eigenvalue weighted by Crippen LogP contribution is -2.17. The van der Waals surface area contributed by atoms with E-state index in [-0.39, 0.29) is 0 Å². The van der Waals surface area contributed by atoms with Gasteiger partial charge < -0.3 is 5.32 Å². The largest absolute Gasteiger partial charge is 0.313 e. The molecule has 0 unspecified atom stereocenters. The van der Waals surface area contributed by atoms with Crippen molar-refractivity contribution >= 4 is 0 Å². The Hall–Kier alpha value is -1.75. The molecule has 2 heterocycles. The van der Waals surface area contributed by atoms with E-state index in [1.54, 1.807) is 0 Å². The SMILES string of the molecule is CCNCc1c(C)cc(C)nc1-n1nc(C)nc1C. The second kappa shape index (κ2) is 5.48. The average molecular weight is 259 g/mol. The standard InChI is InChI=1S/C14H21N5/c1-6-15-8-13-9(2)7-10(3)16-14(13)19-12(5)17-11(4)18-19/h7,15H,6,8H2,1-5H3. The molecule has 0 atom stereocenters. The molecule has 5 heteroatoms. The fourth-order valence-corrected chi connectivity index (χ4v) is 2.21. The van der Waals surface area contributed by atoms with Crippen molar-refractivity contribution in [1.29, 1.82) is 0 Å². The molecule has 0 fully saturated rings. The van der Waals surface area contributed by atoms with E-state index in [0.717, 1.165) is 36.3 Å². The van der Waals surface area contributed by atoms with Crippen LogP contribution in [0.5, 0.6) is 0 Å². The summed E-state index contributed by atoms with van der Waals surface area (Å²) in [6.07, 6.45) is 0. The van der Waals surface area contributed by atoms with Gasteiger partial charge in [0.1, 0.15) is 11.6 Å². The highest BCUT2D eigenvalue weighted by Gasteiger charge is 2.14. The van der Waals surface area contributed by atoms with Crippen LogP contribution in [0.3, 0.4) is 0 Å². The molecule has 0 aromatic carbocycles. The minimum absolute atomic E-state index is 0.771. The van der Waals surface area contributed by atoms with Crippen molar-refractivity contribution in [3.8, 4) is 5.82 Å². The molecular weight excluding hydrogens is 238 g/mol. The van der Waals surface area contributed by atoms with Crippen molar-refractivity contribution < 1.29 is 0 Å². The Labute approximate surface area is 114 Å². The van der Waals surface area contributed by atoms with Crippen molar-refractivity contribution in [3.63, 3.8) is 0 Å². The van der Waals surface area contributed by atoms with E-state index in [1.807, 2.05) is 25.5 Å². The number of aryl methyl sites for hydroxylation is 4. The van der Waals surface area contributed by atoms with E-state index < -0.39 is 0 Å². The summed E-state index contributed by atoms with van der Waals surface area (Å²) in [6, 6.07) is 2.11. The third kappa shape index (κ3) is 2.81. The van der Waals surface area contributed by atoms with Gasteiger partial charge in [0.25, 0.3) is 0 Å². The van der Waals surface area contributed by atoms with Crippen LogP contribution in [-0.4, -0.2) is 26.3 Å². The van der Waals surface area contributed by atoms with E-state index in [9.17, 15) is 0 Å². The summed E-state index contributed by atoms with van der Waals surface area (Å²) in [4.78, 5) is 9.01. The van der Waals surface area contributed by atoms with E-state index in [0.29, 0.717) is 0 Å². The topological polar surface area (TPSA) is 55.6 Å². The predicted octanol–water partition coefficient (Wildman–Crippen LogP) is 2.01. The molecule has 2 aromatic rings. The number of nitrogens with one attached hydrogen (secondary N) is 1. The molecule has 0 aliphatic heterocycles. The summed E-state index contributed by atoms with van der Waals surface area (Å²) in [6.45, 7) is 11.8. The van der Waals surface area contributed by atoms with Gasteiger partial charge in [0.05, 0.1) is 0 Å². The van der Waals surface area contributed by atoms with Gasteiger partial charge in [-0.2, -0.15) is 4.68 Å². The molecule has 0 saturated carbocycles. The van der Waals surface area contributed by atoms with E-state index in [1.165, 1.54) is 11.1 Å². The normalized spacial score (nSPS) is 11.0. The Morgan fingerprint density at radius 3 is 2.47 bits per heavy atom. The number of pyridine rings is 1. The van der Waals surface area contributed by atoms with Crippen LogP contribution in [0, 0.1) is 27.7 Å². The number of nitrogens with zero attached hydrogens (tertiary/aromatic N) is 4. The van der Waals surface area contributed by atoms with E-state index in [2.05, 4.69) is 40.3 Å². The highest BCUT2D eigenvalue weighted by atomic mass is 15.4. The second-order valence-corrected chi connectivity index (χ2v) is 4.78. The quantitative estimate of drug-likeness (QED) is 0.912. The maximum atomic E-state index is 4.65. The van der Waals surface area contributed by atoms with Crippen LogP contribution >= 0.6 is 0 Å². The van der Waals surface area contributed by atoms with E-state index >= 15 is 0 Å². The molecule has 2 aromatic heterocycles. The maximum absolute atomic E-state index is 4.65. The molecule has 0 bridgehead atoms. The van der Waals surface area contributed by atoms with Gasteiger partial charge in [-0.3, -0.25) is 0 Å². The molecule has 0 aliphatic rings. The molecule has 19 heavy (non-hydrogen) atoms. The first-order valence-electron chi connectivity index (χ1n) is 6.61. The first kappa shape index (κ1) is 13.7. The van der Waals surface area contributed by atoms with Crippen molar-refractivity contribution in [1.82, 2.24) is 25.1 Å². The lowest BCUT2D eigenvalue weighted by Gasteiger charge is -2.14. The van der Waals surface area contributed by atoms with Crippen LogP contribution < -0.4 is 5.32 Å². The lowest BCUT2D eigenvalue weighted by molar-refractivity contribution is 0.699. The van der Waals surface area contributed by atoms with Crippen molar-refractivity contribution in [2.24, 2.45) is 0 Å². The first-order chi connectivity index (χ1) is 9.02. The highest BCUT2D eigenvalue weighted by Crippen LogP contribution is 2.18. The molecule has 0 radical (unpaired) electrons. The van der Waals surface area contributed by atoms with Crippen LogP contribution in [-0.2, 0) is 6.54 Å². The minimum Gasteiger partial charge on any atom is -0.313 e. The minimum atomic E-state index is 0.771. The zero-order valence-corrected chi connectivity index (χ0v) is 12.3. The van der Waals surface area contributed by atoms with Crippen LogP contribution in [0.1, 0.15) is 35.4 Å². The molecule has 0 spiro atoms. The van der Waals surface area contributed by atoms with Crippen LogP contribution in [0.2, 0.25) is 0 Å². The van der Waals surface area contributed by atoms with Gasteiger partial charge in [-0.1, -0.05) is 6.92 Å². The Morgan fingerprint density at radius 2 is 1.89 bits per heavy atom. The fourth-order valence-electron chi connectivity index (χ4n) is 2.21. The number of aromatic nitrogens is 4. The lowest BCUT2D eigenvalue weighted by atomic mass is 10.1. The maximum Gasteiger partial charge on any atom is 0.160 e. The Morgan fingerprint density at radius 1 is 1.16 bits per heavy atom. The summed E-state index contributed by atoms with van der Waals surface area (Å²) < 4.78 is 1.84. The summed E-state index contributed by atoms with van der Waals surface area (Å²) in [5.74, 6) is 2.53. The van der Waals surface area contributed by atoms with Gasteiger partial charge in [0.15, 0.2) is 5.82 Å². The van der Waals surface area contributed by atoms with Crippen molar-refractivity contribution in [2.75, 3.05) is 6.54 Å². The molecule has 1 N–H and O–H groups in total. The third-order valence-corrected chi connectivity index (χ3v) is 3.08. The highest BCUT2D eigenvalue weighted by molar-refractivity contribution is 5.41. The van der Waals surface area contributed by atoms with Gasteiger partial charge in [-0.25, -0.2) is 9.97 Å². The molecule has 5 nitrogen and oxygen atoms in total. The molecule has 102 valence electrons. The van der Waals surface area contributed by atoms with Crippen LogP contribution in [0.25, 0.3) is 5.82 Å². The summed E-state index contributed by atoms with van der Waals surface area (Å²) in [5, 5.41) is 7.81. The Bertz CT molecular complexity index is 586. The molecule has 0 amide bonds. The Kier molecular flexibility index (Phi) is 3.95. The zero-order valence-electron chi connectivity index (χ0n) is 12.3. The second-order valence-electron chi connectivity index (χ2n) is 4.78. The smallest absolute Gasteiger partial charge is 0.160 e. The van der Waals surface area contributed by atoms with E-state index in [4.69, 9.17) is 0 Å². The average Bonchev–Trinajstić information content (AvgIpc) is 2.66. The van der Waals surface area contributed by atoms with Gasteiger partial charge >= 0.3 is 0 Å². The number of hydrogen-bond donors (Lipinski definition) is 1. The van der Waals surface area contributed by atoms with Crippen LogP contribution in [0.15, 0.2) is 6.07 Å². The molecule has 0 saturated heterocycles. The predicted molar refractivity (Wildman–Crippen MR) is 75.5 cm³/mol. The monoisotopic (exact) mass is 259 g/mol. The fraction of sp³-hybridized carbons (Fsp3) is 0.500. The van der Waals surface area contributed by atoms with Gasteiger partial charge in [-0.05, 0) is 45.9 Å². The molecular formula is C14H21N5. The molecule has 0 aliphatic carbocycles. The van der Waals surface area contributed by atoms with Crippen LogP contribution in [0.4, 0.5) is 0 Å². The summed E-state index contributed by atoms with van der Waals surface area (Å²) in [7, 11) is 0. The Balaban J connectivity index is 2.57. The number of rotatable bonds is 4. The third-order valence-electron chi connectivity index (χ3n) is 3.08. The van der Waals surface area contributed by atoms with Crippen molar-refractivity contribution in [3.05, 3.63) is 34.5 Å². The number of hydrogen-bond acceptors (Lipinski definition) is 4. The molecule has 2 rings (SSSR count). The summed E-state index contributed by atoms with van der Waals surface area (Å²) >= 11 is 0. The van der Waals surface area contributed by atoms with Gasteiger partial charge in [0.2, 0.25) is 0 Å². The first-order valence-corrected chi connectivity index (χ1v) is 6.61. The van der Waals surface area contributed by atoms with Gasteiger partial charge in [0, 0.05) is 17.8 Å². The van der Waals surface area contributed by atoms with Crippen molar-refractivity contribution in [2.45, 2.75) is 41.2 Å². The van der Waals surface area contributed by atoms with Gasteiger partial charge in [-0.15, -0.1) is 5.10 Å². The zero-order chi connectivity index (χ0) is 14.0.